The van der Waals surface area contributed by atoms with Crippen LogP contribution < -0.4 is 17.2 Å². The normalized spacial score (nSPS) is 11.9. The van der Waals surface area contributed by atoms with E-state index in [4.69, 9.17) is 17.2 Å². The Morgan fingerprint density at radius 3 is 2.54 bits per heavy atom. The van der Waals surface area contributed by atoms with Crippen molar-refractivity contribution in [1.29, 1.82) is 0 Å². The number of aromatic nitrogens is 2. The van der Waals surface area contributed by atoms with E-state index in [-0.39, 0.29) is 24.6 Å². The molecule has 2 aromatic heterocycles. The smallest absolute Gasteiger partial charge is 0.219 e. The molecule has 0 saturated carbocycles. The van der Waals surface area contributed by atoms with Crippen molar-refractivity contribution >= 4 is 34.4 Å². The van der Waals surface area contributed by atoms with Crippen LogP contribution in [0.25, 0.3) is 38.9 Å². The van der Waals surface area contributed by atoms with Gasteiger partial charge in [-0.1, -0.05) is 6.07 Å². The molecular formula is C27H25FN6O. The lowest BCUT2D eigenvalue weighted by atomic mass is 9.94. The predicted octanol–water partition coefficient (Wildman–Crippen LogP) is 4.24. The average Bonchev–Trinajstić information content (AvgIpc) is 2.85. The van der Waals surface area contributed by atoms with Gasteiger partial charge in [-0.3, -0.25) is 14.8 Å². The zero-order valence-electron chi connectivity index (χ0n) is 19.2. The van der Waals surface area contributed by atoms with E-state index in [1.54, 1.807) is 24.5 Å². The Morgan fingerprint density at radius 2 is 1.83 bits per heavy atom. The van der Waals surface area contributed by atoms with Crippen molar-refractivity contribution in [1.82, 2.24) is 9.97 Å². The number of aryl methyl sites for hydroxylation is 1. The number of rotatable bonds is 7. The van der Waals surface area contributed by atoms with Crippen LogP contribution in [0.1, 0.15) is 17.5 Å². The van der Waals surface area contributed by atoms with Crippen LogP contribution in [0.3, 0.4) is 0 Å². The van der Waals surface area contributed by atoms with E-state index in [1.165, 1.54) is 18.3 Å². The van der Waals surface area contributed by atoms with E-state index < -0.39 is 5.91 Å². The summed E-state index contributed by atoms with van der Waals surface area (Å²) < 4.78 is 13.6. The third-order valence-corrected chi connectivity index (χ3v) is 5.65. The Bertz CT molecular complexity index is 1460. The fraction of sp³-hybridized carbons (Fsp3) is 0.111. The highest BCUT2D eigenvalue weighted by atomic mass is 19.1. The van der Waals surface area contributed by atoms with Crippen LogP contribution in [0.2, 0.25) is 0 Å². The number of primary amides is 1. The van der Waals surface area contributed by atoms with Crippen LogP contribution in [0.5, 0.6) is 0 Å². The molecule has 176 valence electrons. The maximum Gasteiger partial charge on any atom is 0.219 e. The van der Waals surface area contributed by atoms with Gasteiger partial charge in [0.15, 0.2) is 0 Å². The van der Waals surface area contributed by atoms with Gasteiger partial charge in [0.05, 0.1) is 11.2 Å². The Hall–Kier alpha value is -4.59. The van der Waals surface area contributed by atoms with Crippen LogP contribution in [-0.4, -0.2) is 28.6 Å². The Morgan fingerprint density at radius 1 is 1.09 bits per heavy atom. The molecule has 0 aliphatic heterocycles. The van der Waals surface area contributed by atoms with E-state index in [2.05, 4.69) is 21.0 Å². The molecule has 35 heavy (non-hydrogen) atoms. The monoisotopic (exact) mass is 468 g/mol. The minimum atomic E-state index is -0.436. The van der Waals surface area contributed by atoms with Crippen molar-refractivity contribution < 1.29 is 9.18 Å². The van der Waals surface area contributed by atoms with Gasteiger partial charge >= 0.3 is 0 Å². The van der Waals surface area contributed by atoms with Gasteiger partial charge in [0, 0.05) is 59.2 Å². The number of hydrogen-bond donors (Lipinski definition) is 3. The van der Waals surface area contributed by atoms with E-state index in [1.807, 2.05) is 31.2 Å². The molecule has 0 unspecified atom stereocenters. The van der Waals surface area contributed by atoms with Crippen molar-refractivity contribution in [2.75, 3.05) is 12.3 Å². The summed E-state index contributed by atoms with van der Waals surface area (Å²) in [6.45, 7) is 2.26. The molecule has 8 heteroatoms. The zero-order chi connectivity index (χ0) is 24.9. The summed E-state index contributed by atoms with van der Waals surface area (Å²) >= 11 is 0. The highest BCUT2D eigenvalue weighted by molar-refractivity contribution is 6.12. The number of hydrogen-bond acceptors (Lipinski definition) is 6. The zero-order valence-corrected chi connectivity index (χ0v) is 19.2. The summed E-state index contributed by atoms with van der Waals surface area (Å²) in [5, 5.41) is 1.01. The van der Waals surface area contributed by atoms with Crippen molar-refractivity contribution in [2.24, 2.45) is 16.5 Å². The average molecular weight is 469 g/mol. The molecule has 2 heterocycles. The summed E-state index contributed by atoms with van der Waals surface area (Å²) in [5.74, 6) is -0.536. The molecule has 0 aliphatic carbocycles. The first-order valence-corrected chi connectivity index (χ1v) is 11.0. The van der Waals surface area contributed by atoms with Gasteiger partial charge in [-0.25, -0.2) is 9.37 Å². The van der Waals surface area contributed by atoms with Gasteiger partial charge in [-0.15, -0.1) is 0 Å². The number of halogens is 1. The van der Waals surface area contributed by atoms with E-state index in [0.29, 0.717) is 16.8 Å². The van der Waals surface area contributed by atoms with E-state index in [9.17, 15) is 9.18 Å². The number of benzene rings is 2. The molecule has 7 nitrogen and oxygen atoms in total. The van der Waals surface area contributed by atoms with Crippen molar-refractivity contribution in [3.05, 3.63) is 83.9 Å². The molecule has 4 rings (SSSR count). The Labute approximate surface area is 202 Å². The Kier molecular flexibility index (Phi) is 6.82. The molecule has 0 saturated heterocycles. The fourth-order valence-corrected chi connectivity index (χ4v) is 3.80. The lowest BCUT2D eigenvalue weighted by molar-refractivity contribution is -0.117. The van der Waals surface area contributed by atoms with Crippen molar-refractivity contribution in [3.8, 4) is 22.4 Å². The van der Waals surface area contributed by atoms with Crippen LogP contribution in [0, 0.1) is 12.7 Å². The first-order valence-electron chi connectivity index (χ1n) is 11.0. The third kappa shape index (κ3) is 5.16. The predicted molar refractivity (Wildman–Crippen MR) is 139 cm³/mol. The summed E-state index contributed by atoms with van der Waals surface area (Å²) in [7, 11) is 0. The third-order valence-electron chi connectivity index (χ3n) is 5.65. The lowest BCUT2D eigenvalue weighted by Gasteiger charge is -2.15. The number of pyridine rings is 2. The van der Waals surface area contributed by atoms with Gasteiger partial charge in [-0.2, -0.15) is 0 Å². The molecule has 4 aromatic rings. The highest BCUT2D eigenvalue weighted by Crippen LogP contribution is 2.36. The largest absolute Gasteiger partial charge is 0.404 e. The number of nitrogens with two attached hydrogens (primary N) is 3. The molecule has 0 bridgehead atoms. The first kappa shape index (κ1) is 23.6. The quantitative estimate of drug-likeness (QED) is 0.349. The molecular weight excluding hydrogens is 443 g/mol. The minimum Gasteiger partial charge on any atom is -0.404 e. The number of nitrogen functional groups attached to an aromatic ring is 1. The molecule has 6 N–H and O–H groups in total. The van der Waals surface area contributed by atoms with Gasteiger partial charge in [0.2, 0.25) is 5.91 Å². The van der Waals surface area contributed by atoms with Crippen LogP contribution in [0.15, 0.2) is 72.0 Å². The van der Waals surface area contributed by atoms with Gasteiger partial charge in [0.25, 0.3) is 0 Å². The number of amides is 1. The molecule has 0 radical (unpaired) electrons. The number of carbonyl (C=O) groups is 1. The summed E-state index contributed by atoms with van der Waals surface area (Å²) in [5.41, 5.74) is 23.5. The topological polar surface area (TPSA) is 133 Å². The van der Waals surface area contributed by atoms with E-state index in [0.717, 1.165) is 33.2 Å². The van der Waals surface area contributed by atoms with Gasteiger partial charge < -0.3 is 17.2 Å². The summed E-state index contributed by atoms with van der Waals surface area (Å²) in [6, 6.07) is 15.9. The minimum absolute atomic E-state index is 0.126. The van der Waals surface area contributed by atoms with Crippen molar-refractivity contribution in [3.63, 3.8) is 0 Å². The van der Waals surface area contributed by atoms with Crippen LogP contribution >= 0.6 is 0 Å². The number of nitrogens with zero attached hydrogens (tertiary/aromatic N) is 3. The molecule has 0 atom stereocenters. The summed E-state index contributed by atoms with van der Waals surface area (Å²) in [6.07, 6.45) is 4.84. The number of carbonyl (C=O) groups excluding carboxylic acids is 1. The second-order valence-corrected chi connectivity index (χ2v) is 8.06. The van der Waals surface area contributed by atoms with E-state index >= 15 is 0 Å². The molecule has 0 spiro atoms. The lowest BCUT2D eigenvalue weighted by Crippen LogP contribution is -2.11. The second kappa shape index (κ2) is 10.1. The number of allylic oxidation sites excluding steroid dienone is 1. The highest BCUT2D eigenvalue weighted by Gasteiger charge is 2.16. The fourth-order valence-electron chi connectivity index (χ4n) is 3.80. The maximum atomic E-state index is 13.6. The number of aliphatic imine (C=N–C) groups is 1. The van der Waals surface area contributed by atoms with Gasteiger partial charge in [-0.05, 0) is 66.6 Å². The standard InChI is InChI=1S/C27H25FN6O/c1-16-8-11-33-24-7-4-18(12-21(16)24)22-13-23(19(14-29)15-32-10-9-25(30)35)27(31)34-26(22)17-2-5-20(28)6-3-17/h2-8,11-15H,9-10,29H2,1H3,(H2,30,35)(H2,31,34). The maximum absolute atomic E-state index is 13.6. The van der Waals surface area contributed by atoms with Crippen molar-refractivity contribution in [2.45, 2.75) is 13.3 Å². The molecule has 0 aliphatic rings. The second-order valence-electron chi connectivity index (χ2n) is 8.06. The van der Waals surface area contributed by atoms with Gasteiger partial charge in [0.1, 0.15) is 11.6 Å². The molecule has 1 amide bonds. The molecule has 0 fully saturated rings. The first-order chi connectivity index (χ1) is 16.9. The molecule has 2 aromatic carbocycles. The number of fused-ring (bicyclic) bond motifs is 1. The number of anilines is 1. The summed E-state index contributed by atoms with van der Waals surface area (Å²) in [4.78, 5) is 24.4. The van der Waals surface area contributed by atoms with Crippen LogP contribution in [0.4, 0.5) is 10.2 Å². The Balaban J connectivity index is 1.89. The SMILES string of the molecule is Cc1ccnc2ccc(-c3cc(C(C=NCCC(N)=O)=CN)c(N)nc3-c3ccc(F)cc3)cc12. The van der Waals surface area contributed by atoms with Crippen LogP contribution in [-0.2, 0) is 4.79 Å².